The topological polar surface area (TPSA) is 32.6 Å². The van der Waals surface area contributed by atoms with Gasteiger partial charge in [-0.25, -0.2) is 0 Å². The van der Waals surface area contributed by atoms with Crippen molar-refractivity contribution in [2.24, 2.45) is 11.1 Å². The molecule has 2 nitrogen and oxygen atoms in total. The summed E-state index contributed by atoms with van der Waals surface area (Å²) in [4.78, 5) is 0. The van der Waals surface area contributed by atoms with Crippen molar-refractivity contribution >= 4 is 18.6 Å². The molecule has 1 rings (SSSR count). The number of rotatable bonds is 1. The fourth-order valence-corrected chi connectivity index (χ4v) is 1.38. The van der Waals surface area contributed by atoms with Crippen LogP contribution in [-0.2, 0) is 0 Å². The van der Waals surface area contributed by atoms with E-state index in [9.17, 15) is 0 Å². The van der Waals surface area contributed by atoms with Crippen molar-refractivity contribution in [1.29, 1.82) is 0 Å². The molecule has 1 aliphatic rings. The molecule has 0 aromatic rings. The molecule has 0 aromatic carbocycles. The molecule has 0 atom stereocenters. The zero-order valence-corrected chi connectivity index (χ0v) is 6.81. The number of hydrogen-bond donors (Lipinski definition) is 1. The van der Waals surface area contributed by atoms with Crippen LogP contribution in [0, 0.1) is 5.92 Å². The van der Waals surface area contributed by atoms with Gasteiger partial charge in [0.05, 0.1) is 0 Å². The predicted octanol–water partition coefficient (Wildman–Crippen LogP) is 2.45. The SMILES string of the molecule is Cl.ON=CC1CCCCC1. The monoisotopic (exact) mass is 163 g/mol. The Hall–Kier alpha value is -0.240. The highest BCUT2D eigenvalue weighted by Crippen LogP contribution is 2.21. The Labute approximate surface area is 67.7 Å². The Morgan fingerprint density at radius 2 is 1.80 bits per heavy atom. The lowest BCUT2D eigenvalue weighted by molar-refractivity contribution is 0.314. The molecule has 1 fully saturated rings. The lowest BCUT2D eigenvalue weighted by Crippen LogP contribution is -2.06. The highest BCUT2D eigenvalue weighted by molar-refractivity contribution is 5.85. The smallest absolute Gasteiger partial charge is 0.0466 e. The lowest BCUT2D eigenvalue weighted by Gasteiger charge is -2.15. The molecular weight excluding hydrogens is 150 g/mol. The van der Waals surface area contributed by atoms with E-state index in [1.54, 1.807) is 6.21 Å². The van der Waals surface area contributed by atoms with Crippen LogP contribution in [0.2, 0.25) is 0 Å². The maximum absolute atomic E-state index is 8.19. The van der Waals surface area contributed by atoms with Crippen LogP contribution in [0.25, 0.3) is 0 Å². The third kappa shape index (κ3) is 3.06. The van der Waals surface area contributed by atoms with E-state index >= 15 is 0 Å². The van der Waals surface area contributed by atoms with Crippen LogP contribution in [0.1, 0.15) is 32.1 Å². The van der Waals surface area contributed by atoms with E-state index in [4.69, 9.17) is 5.21 Å². The van der Waals surface area contributed by atoms with E-state index in [1.165, 1.54) is 32.1 Å². The fourth-order valence-electron chi connectivity index (χ4n) is 1.38. The highest BCUT2D eigenvalue weighted by Gasteiger charge is 2.10. The Bertz CT molecular complexity index is 99.8. The maximum atomic E-state index is 8.19. The van der Waals surface area contributed by atoms with Crippen LogP contribution in [0.4, 0.5) is 0 Å². The Morgan fingerprint density at radius 1 is 1.20 bits per heavy atom. The average Bonchev–Trinajstić information content (AvgIpc) is 1.91. The van der Waals surface area contributed by atoms with Crippen molar-refractivity contribution in [1.82, 2.24) is 0 Å². The quantitative estimate of drug-likeness (QED) is 0.360. The summed E-state index contributed by atoms with van der Waals surface area (Å²) in [6.45, 7) is 0. The standard InChI is InChI=1S/C7H13NO.ClH/c9-8-6-7-4-2-1-3-5-7;/h6-7,9H,1-5H2;1H. The summed E-state index contributed by atoms with van der Waals surface area (Å²) in [5.74, 6) is 0.559. The Morgan fingerprint density at radius 3 is 2.30 bits per heavy atom. The summed E-state index contributed by atoms with van der Waals surface area (Å²) in [7, 11) is 0. The summed E-state index contributed by atoms with van der Waals surface area (Å²) in [6.07, 6.45) is 8.05. The van der Waals surface area contributed by atoms with Crippen molar-refractivity contribution in [3.63, 3.8) is 0 Å². The Balaban J connectivity index is 0.000000810. The number of oxime groups is 1. The normalized spacial score (nSPS) is 20.8. The van der Waals surface area contributed by atoms with Crippen LogP contribution in [0.3, 0.4) is 0 Å². The molecule has 1 N–H and O–H groups in total. The summed E-state index contributed by atoms with van der Waals surface area (Å²) < 4.78 is 0. The van der Waals surface area contributed by atoms with Crippen LogP contribution in [-0.4, -0.2) is 11.4 Å². The molecule has 0 saturated heterocycles. The number of halogens is 1. The second-order valence-electron chi connectivity index (χ2n) is 2.66. The molecule has 0 heterocycles. The van der Waals surface area contributed by atoms with Crippen LogP contribution in [0.15, 0.2) is 5.16 Å². The van der Waals surface area contributed by atoms with E-state index in [0.717, 1.165) is 0 Å². The molecule has 0 amide bonds. The molecule has 1 aliphatic carbocycles. The van der Waals surface area contributed by atoms with Crippen LogP contribution in [0.5, 0.6) is 0 Å². The first-order chi connectivity index (χ1) is 4.43. The van der Waals surface area contributed by atoms with Gasteiger partial charge in [-0.3, -0.25) is 0 Å². The second-order valence-corrected chi connectivity index (χ2v) is 2.66. The van der Waals surface area contributed by atoms with Gasteiger partial charge < -0.3 is 5.21 Å². The van der Waals surface area contributed by atoms with Gasteiger partial charge in [0.2, 0.25) is 0 Å². The summed E-state index contributed by atoms with van der Waals surface area (Å²) >= 11 is 0. The van der Waals surface area contributed by atoms with Gasteiger partial charge in [0, 0.05) is 6.21 Å². The van der Waals surface area contributed by atoms with E-state index in [1.807, 2.05) is 0 Å². The first-order valence-electron chi connectivity index (χ1n) is 3.61. The molecule has 10 heavy (non-hydrogen) atoms. The molecule has 0 bridgehead atoms. The van der Waals surface area contributed by atoms with Gasteiger partial charge in [-0.05, 0) is 18.8 Å². The van der Waals surface area contributed by atoms with Crippen LogP contribution < -0.4 is 0 Å². The molecule has 0 aliphatic heterocycles. The van der Waals surface area contributed by atoms with Gasteiger partial charge in [-0.2, -0.15) is 0 Å². The highest BCUT2D eigenvalue weighted by atomic mass is 35.5. The third-order valence-corrected chi connectivity index (χ3v) is 1.93. The van der Waals surface area contributed by atoms with Crippen molar-refractivity contribution in [3.05, 3.63) is 0 Å². The first kappa shape index (κ1) is 9.76. The van der Waals surface area contributed by atoms with Gasteiger partial charge in [-0.15, -0.1) is 17.6 Å². The van der Waals surface area contributed by atoms with E-state index in [2.05, 4.69) is 5.16 Å². The molecular formula is C7H14ClNO. The van der Waals surface area contributed by atoms with Crippen molar-refractivity contribution < 1.29 is 5.21 Å². The largest absolute Gasteiger partial charge is 0.411 e. The van der Waals surface area contributed by atoms with Crippen molar-refractivity contribution in [2.75, 3.05) is 0 Å². The zero-order valence-electron chi connectivity index (χ0n) is 5.99. The Kier molecular flexibility index (Phi) is 5.40. The third-order valence-electron chi connectivity index (χ3n) is 1.93. The fraction of sp³-hybridized carbons (Fsp3) is 0.857. The molecule has 0 aromatic heterocycles. The number of hydrogen-bond acceptors (Lipinski definition) is 2. The molecule has 60 valence electrons. The van der Waals surface area contributed by atoms with Gasteiger partial charge in [0.15, 0.2) is 0 Å². The van der Waals surface area contributed by atoms with Gasteiger partial charge >= 0.3 is 0 Å². The summed E-state index contributed by atoms with van der Waals surface area (Å²) in [6, 6.07) is 0. The minimum Gasteiger partial charge on any atom is -0.411 e. The van der Waals surface area contributed by atoms with Gasteiger partial charge in [0.1, 0.15) is 0 Å². The second kappa shape index (κ2) is 5.54. The minimum atomic E-state index is 0. The van der Waals surface area contributed by atoms with Gasteiger partial charge in [-0.1, -0.05) is 19.3 Å². The van der Waals surface area contributed by atoms with Crippen LogP contribution >= 0.6 is 12.4 Å². The lowest BCUT2D eigenvalue weighted by atomic mass is 9.90. The first-order valence-corrected chi connectivity index (χ1v) is 3.61. The molecule has 3 heteroatoms. The summed E-state index contributed by atoms with van der Waals surface area (Å²) in [5.41, 5.74) is 0. The van der Waals surface area contributed by atoms with E-state index in [-0.39, 0.29) is 12.4 Å². The predicted molar refractivity (Wildman–Crippen MR) is 44.1 cm³/mol. The van der Waals surface area contributed by atoms with Gasteiger partial charge in [0.25, 0.3) is 0 Å². The molecule has 1 saturated carbocycles. The molecule has 0 radical (unpaired) electrons. The minimum absolute atomic E-state index is 0. The molecule has 0 unspecified atom stereocenters. The van der Waals surface area contributed by atoms with E-state index < -0.39 is 0 Å². The molecule has 0 spiro atoms. The summed E-state index contributed by atoms with van der Waals surface area (Å²) in [5, 5.41) is 11.2. The maximum Gasteiger partial charge on any atom is 0.0466 e. The van der Waals surface area contributed by atoms with Crippen molar-refractivity contribution in [3.8, 4) is 0 Å². The van der Waals surface area contributed by atoms with Crippen molar-refractivity contribution in [2.45, 2.75) is 32.1 Å². The zero-order chi connectivity index (χ0) is 6.53. The van der Waals surface area contributed by atoms with E-state index in [0.29, 0.717) is 5.92 Å². The average molecular weight is 164 g/mol. The number of nitrogens with zero attached hydrogens (tertiary/aromatic N) is 1.